The summed E-state index contributed by atoms with van der Waals surface area (Å²) in [6, 6.07) is 11.2. The zero-order valence-electron chi connectivity index (χ0n) is 12.5. The minimum absolute atomic E-state index is 0.0397. The first-order chi connectivity index (χ1) is 11.5. The van der Waals surface area contributed by atoms with Crippen molar-refractivity contribution in [1.82, 2.24) is 9.66 Å². The normalized spacial score (nSPS) is 11.2. The molecule has 0 saturated heterocycles. The lowest BCUT2D eigenvalue weighted by atomic mass is 10.2. The van der Waals surface area contributed by atoms with E-state index in [2.05, 4.69) is 10.1 Å². The molecule has 0 unspecified atom stereocenters. The molecule has 0 radical (unpaired) electrons. The van der Waals surface area contributed by atoms with E-state index in [1.165, 1.54) is 18.3 Å². The number of halogens is 1. The number of hydrogen-bond acceptors (Lipinski definition) is 5. The van der Waals surface area contributed by atoms with Gasteiger partial charge in [-0.2, -0.15) is 9.78 Å². The second kappa shape index (κ2) is 6.21. The highest BCUT2D eigenvalue weighted by Crippen LogP contribution is 2.24. The van der Waals surface area contributed by atoms with Crippen LogP contribution in [0.5, 0.6) is 0 Å². The molecule has 0 bridgehead atoms. The summed E-state index contributed by atoms with van der Waals surface area (Å²) in [7, 11) is 0. The summed E-state index contributed by atoms with van der Waals surface area (Å²) in [5.41, 5.74) is 0.512. The number of hydrogen-bond donors (Lipinski definition) is 0. The van der Waals surface area contributed by atoms with Crippen LogP contribution in [0.25, 0.3) is 10.9 Å². The summed E-state index contributed by atoms with van der Waals surface area (Å²) < 4.78 is 1.16. The van der Waals surface area contributed by atoms with Gasteiger partial charge in [-0.1, -0.05) is 29.8 Å². The molecular formula is C16H11ClN4O3. The van der Waals surface area contributed by atoms with E-state index in [0.717, 1.165) is 4.68 Å². The Morgan fingerprint density at radius 1 is 1.29 bits per heavy atom. The van der Waals surface area contributed by atoms with Crippen molar-refractivity contribution < 1.29 is 4.92 Å². The van der Waals surface area contributed by atoms with Crippen LogP contribution in [0.2, 0.25) is 5.02 Å². The number of nitrogens with zero attached hydrogens (tertiary/aromatic N) is 4. The number of nitro benzene ring substituents is 1. The third kappa shape index (κ3) is 2.89. The first-order valence-corrected chi connectivity index (χ1v) is 7.32. The van der Waals surface area contributed by atoms with Crippen LogP contribution in [-0.4, -0.2) is 20.8 Å². The zero-order chi connectivity index (χ0) is 17.3. The fourth-order valence-corrected chi connectivity index (χ4v) is 2.43. The molecule has 0 aliphatic carbocycles. The SMILES string of the molecule is Cc1nc2ccccc2c(=O)n1N=Cc1ccc(Cl)c([N+](=O)[O-])c1. The van der Waals surface area contributed by atoms with E-state index in [-0.39, 0.29) is 16.3 Å². The third-order valence-electron chi connectivity index (χ3n) is 3.40. The summed E-state index contributed by atoms with van der Waals surface area (Å²) in [5, 5.41) is 15.5. The summed E-state index contributed by atoms with van der Waals surface area (Å²) in [4.78, 5) is 27.1. The van der Waals surface area contributed by atoms with Crippen LogP contribution in [-0.2, 0) is 0 Å². The van der Waals surface area contributed by atoms with Crippen molar-refractivity contribution in [3.05, 3.63) is 79.3 Å². The fourth-order valence-electron chi connectivity index (χ4n) is 2.25. The van der Waals surface area contributed by atoms with E-state index in [9.17, 15) is 14.9 Å². The lowest BCUT2D eigenvalue weighted by molar-refractivity contribution is -0.384. The molecule has 8 heteroatoms. The Bertz CT molecular complexity index is 1040. The Morgan fingerprint density at radius 3 is 2.79 bits per heavy atom. The van der Waals surface area contributed by atoms with Gasteiger partial charge in [0.15, 0.2) is 0 Å². The van der Waals surface area contributed by atoms with Crippen molar-refractivity contribution >= 4 is 34.4 Å². The molecule has 0 atom stereocenters. The van der Waals surface area contributed by atoms with Gasteiger partial charge in [-0.25, -0.2) is 4.98 Å². The highest BCUT2D eigenvalue weighted by Gasteiger charge is 2.12. The summed E-state index contributed by atoms with van der Waals surface area (Å²) >= 11 is 5.77. The van der Waals surface area contributed by atoms with Gasteiger partial charge < -0.3 is 0 Å². The molecule has 0 aliphatic heterocycles. The van der Waals surface area contributed by atoms with Gasteiger partial charge in [-0.05, 0) is 25.1 Å². The van der Waals surface area contributed by atoms with Gasteiger partial charge in [0.1, 0.15) is 10.8 Å². The Kier molecular flexibility index (Phi) is 4.09. The summed E-state index contributed by atoms with van der Waals surface area (Å²) in [6.45, 7) is 1.66. The average molecular weight is 343 g/mol. The molecule has 2 aromatic carbocycles. The minimum Gasteiger partial charge on any atom is -0.267 e. The molecule has 120 valence electrons. The molecule has 0 fully saturated rings. The highest BCUT2D eigenvalue weighted by atomic mass is 35.5. The average Bonchev–Trinajstić information content (AvgIpc) is 2.55. The molecule has 3 rings (SSSR count). The molecule has 0 aliphatic rings. The fraction of sp³-hybridized carbons (Fsp3) is 0.0625. The van der Waals surface area contributed by atoms with E-state index in [1.54, 1.807) is 37.3 Å². The molecule has 0 saturated carbocycles. The van der Waals surface area contributed by atoms with Crippen LogP contribution in [0.15, 0.2) is 52.4 Å². The number of aromatic nitrogens is 2. The molecule has 0 N–H and O–H groups in total. The second-order valence-corrected chi connectivity index (χ2v) is 5.41. The van der Waals surface area contributed by atoms with E-state index in [1.807, 2.05) is 0 Å². The van der Waals surface area contributed by atoms with Crippen molar-refractivity contribution in [2.24, 2.45) is 5.10 Å². The van der Waals surface area contributed by atoms with Crippen LogP contribution in [0.4, 0.5) is 5.69 Å². The predicted molar refractivity (Wildman–Crippen MR) is 91.8 cm³/mol. The first-order valence-electron chi connectivity index (χ1n) is 6.94. The maximum absolute atomic E-state index is 12.5. The molecule has 1 heterocycles. The number of benzene rings is 2. The van der Waals surface area contributed by atoms with Crippen LogP contribution >= 0.6 is 11.6 Å². The minimum atomic E-state index is -0.575. The maximum atomic E-state index is 12.5. The summed E-state index contributed by atoms with van der Waals surface area (Å²) in [5.74, 6) is 0.415. The monoisotopic (exact) mass is 342 g/mol. The van der Waals surface area contributed by atoms with Crippen molar-refractivity contribution in [3.8, 4) is 0 Å². The van der Waals surface area contributed by atoms with Crippen LogP contribution in [0.1, 0.15) is 11.4 Å². The van der Waals surface area contributed by atoms with Crippen molar-refractivity contribution in [3.63, 3.8) is 0 Å². The quantitative estimate of drug-likeness (QED) is 0.415. The molecule has 0 spiro atoms. The number of nitro groups is 1. The van der Waals surface area contributed by atoms with Crippen LogP contribution < -0.4 is 5.56 Å². The predicted octanol–water partition coefficient (Wildman–Crippen LogP) is 3.15. The van der Waals surface area contributed by atoms with Crippen molar-refractivity contribution in [2.45, 2.75) is 6.92 Å². The van der Waals surface area contributed by atoms with Gasteiger partial charge in [0.2, 0.25) is 0 Å². The van der Waals surface area contributed by atoms with E-state index < -0.39 is 4.92 Å². The largest absolute Gasteiger partial charge is 0.288 e. The summed E-state index contributed by atoms with van der Waals surface area (Å²) in [6.07, 6.45) is 1.36. The molecule has 3 aromatic rings. The first kappa shape index (κ1) is 15.8. The Labute approximate surface area is 141 Å². The van der Waals surface area contributed by atoms with Gasteiger partial charge in [-0.3, -0.25) is 14.9 Å². The Balaban J connectivity index is 2.07. The van der Waals surface area contributed by atoms with E-state index in [4.69, 9.17) is 11.6 Å². The Morgan fingerprint density at radius 2 is 2.04 bits per heavy atom. The topological polar surface area (TPSA) is 90.4 Å². The lowest BCUT2D eigenvalue weighted by Crippen LogP contribution is -2.20. The molecular weight excluding hydrogens is 332 g/mol. The van der Waals surface area contributed by atoms with Gasteiger partial charge in [0.25, 0.3) is 11.2 Å². The Hall–Kier alpha value is -3.06. The van der Waals surface area contributed by atoms with Gasteiger partial charge >= 0.3 is 0 Å². The standard InChI is InChI=1S/C16H11ClN4O3/c1-10-19-14-5-3-2-4-12(14)16(22)20(10)18-9-11-6-7-13(17)15(8-11)21(23)24/h2-9H,1H3. The number of para-hydroxylation sites is 1. The smallest absolute Gasteiger partial charge is 0.267 e. The van der Waals surface area contributed by atoms with Crippen LogP contribution in [0, 0.1) is 17.0 Å². The van der Waals surface area contributed by atoms with E-state index >= 15 is 0 Å². The van der Waals surface area contributed by atoms with Crippen molar-refractivity contribution in [1.29, 1.82) is 0 Å². The van der Waals surface area contributed by atoms with Crippen molar-refractivity contribution in [2.75, 3.05) is 0 Å². The molecule has 0 amide bonds. The highest BCUT2D eigenvalue weighted by molar-refractivity contribution is 6.32. The van der Waals surface area contributed by atoms with Crippen LogP contribution in [0.3, 0.4) is 0 Å². The third-order valence-corrected chi connectivity index (χ3v) is 3.72. The van der Waals surface area contributed by atoms with E-state index in [0.29, 0.717) is 22.3 Å². The molecule has 7 nitrogen and oxygen atoms in total. The van der Waals surface area contributed by atoms with Gasteiger partial charge in [-0.15, -0.1) is 0 Å². The lowest BCUT2D eigenvalue weighted by Gasteiger charge is -2.05. The molecule has 24 heavy (non-hydrogen) atoms. The number of aryl methyl sites for hydroxylation is 1. The second-order valence-electron chi connectivity index (χ2n) is 5.01. The maximum Gasteiger partial charge on any atom is 0.288 e. The van der Waals surface area contributed by atoms with Gasteiger partial charge in [0.05, 0.1) is 22.0 Å². The number of fused-ring (bicyclic) bond motifs is 1. The zero-order valence-corrected chi connectivity index (χ0v) is 13.3. The molecule has 1 aromatic heterocycles. The van der Waals surface area contributed by atoms with Gasteiger partial charge in [0, 0.05) is 11.6 Å². The number of rotatable bonds is 3.